The molecule has 0 aliphatic carbocycles. The molecule has 130 valence electrons. The van der Waals surface area contributed by atoms with Gasteiger partial charge < -0.3 is 15.8 Å². The predicted octanol–water partition coefficient (Wildman–Crippen LogP) is 3.77. The number of aliphatic imine (C=N–C) groups is 1. The van der Waals surface area contributed by atoms with E-state index in [-0.39, 0.29) is 29.9 Å². The summed E-state index contributed by atoms with van der Waals surface area (Å²) in [6.45, 7) is 4.81. The fourth-order valence-electron chi connectivity index (χ4n) is 2.27. The number of nitrogens with two attached hydrogens (primary N) is 1. The van der Waals surface area contributed by atoms with E-state index in [0.29, 0.717) is 18.9 Å². The molecule has 5 nitrogen and oxygen atoms in total. The van der Waals surface area contributed by atoms with Crippen LogP contribution in [0.3, 0.4) is 0 Å². The fraction of sp³-hybridized carbons (Fsp3) is 0.529. The first-order valence-electron chi connectivity index (χ1n) is 7.73. The lowest BCUT2D eigenvalue weighted by atomic mass is 10.1. The highest BCUT2D eigenvalue weighted by molar-refractivity contribution is 14.0. The molecule has 0 spiro atoms. The van der Waals surface area contributed by atoms with Crippen molar-refractivity contribution >= 4 is 41.6 Å². The van der Waals surface area contributed by atoms with Gasteiger partial charge in [0.1, 0.15) is 0 Å². The summed E-state index contributed by atoms with van der Waals surface area (Å²) < 4.78 is 4.60. The van der Waals surface area contributed by atoms with Crippen molar-refractivity contribution in [2.75, 3.05) is 19.0 Å². The second-order valence-corrected chi connectivity index (χ2v) is 5.51. The number of anilines is 1. The summed E-state index contributed by atoms with van der Waals surface area (Å²) in [5.41, 5.74) is 9.24. The van der Waals surface area contributed by atoms with E-state index in [1.54, 1.807) is 0 Å². The predicted molar refractivity (Wildman–Crippen MR) is 107 cm³/mol. The number of hydrogen-bond acceptors (Lipinski definition) is 3. The van der Waals surface area contributed by atoms with Crippen LogP contribution in [-0.2, 0) is 9.53 Å². The van der Waals surface area contributed by atoms with E-state index < -0.39 is 0 Å². The lowest BCUT2D eigenvalue weighted by Crippen LogP contribution is -2.23. The molecule has 0 aliphatic heterocycles. The highest BCUT2D eigenvalue weighted by Gasteiger charge is 2.00. The van der Waals surface area contributed by atoms with Crippen LogP contribution in [0.15, 0.2) is 23.2 Å². The van der Waals surface area contributed by atoms with E-state index in [0.717, 1.165) is 31.4 Å². The van der Waals surface area contributed by atoms with Gasteiger partial charge in [-0.05, 0) is 49.9 Å². The maximum Gasteiger partial charge on any atom is 0.305 e. The van der Waals surface area contributed by atoms with Gasteiger partial charge in [-0.2, -0.15) is 0 Å². The molecule has 1 rings (SSSR count). The number of aryl methyl sites for hydroxylation is 2. The first kappa shape index (κ1) is 21.7. The molecule has 0 saturated carbocycles. The van der Waals surface area contributed by atoms with Gasteiger partial charge in [0.15, 0.2) is 5.96 Å². The molecule has 0 fully saturated rings. The first-order chi connectivity index (χ1) is 10.5. The molecule has 6 heteroatoms. The van der Waals surface area contributed by atoms with Crippen molar-refractivity contribution in [1.29, 1.82) is 0 Å². The number of rotatable bonds is 8. The van der Waals surface area contributed by atoms with Crippen LogP contribution in [0, 0.1) is 13.8 Å². The zero-order valence-electron chi connectivity index (χ0n) is 14.2. The van der Waals surface area contributed by atoms with E-state index in [1.165, 1.54) is 18.2 Å². The summed E-state index contributed by atoms with van der Waals surface area (Å²) in [5, 5.41) is 3.11. The molecule has 23 heavy (non-hydrogen) atoms. The van der Waals surface area contributed by atoms with E-state index in [1.807, 2.05) is 12.1 Å². The molecule has 0 saturated heterocycles. The molecule has 0 radical (unpaired) electrons. The van der Waals surface area contributed by atoms with Crippen molar-refractivity contribution in [3.8, 4) is 0 Å². The summed E-state index contributed by atoms with van der Waals surface area (Å²) in [6.07, 6.45) is 4.38. The number of nitrogens with zero attached hydrogens (tertiary/aromatic N) is 1. The Morgan fingerprint density at radius 3 is 2.35 bits per heavy atom. The van der Waals surface area contributed by atoms with Gasteiger partial charge in [0.05, 0.1) is 7.11 Å². The second kappa shape index (κ2) is 12.2. The van der Waals surface area contributed by atoms with E-state index >= 15 is 0 Å². The summed E-state index contributed by atoms with van der Waals surface area (Å²) >= 11 is 0. The van der Waals surface area contributed by atoms with Crippen molar-refractivity contribution in [2.24, 2.45) is 10.7 Å². The van der Waals surface area contributed by atoms with E-state index in [9.17, 15) is 4.79 Å². The summed E-state index contributed by atoms with van der Waals surface area (Å²) in [7, 11) is 1.42. The van der Waals surface area contributed by atoms with Gasteiger partial charge in [0, 0.05) is 18.7 Å². The SMILES string of the molecule is COC(=O)CCCCCCN=C(N)Nc1cc(C)cc(C)c1.I. The number of nitrogens with one attached hydrogen (secondary N) is 1. The van der Waals surface area contributed by atoms with Crippen molar-refractivity contribution in [3.05, 3.63) is 29.3 Å². The Balaban J connectivity index is 0.00000484. The maximum atomic E-state index is 10.9. The quantitative estimate of drug-likeness (QED) is 0.215. The van der Waals surface area contributed by atoms with Gasteiger partial charge in [-0.25, -0.2) is 0 Å². The van der Waals surface area contributed by atoms with Crippen molar-refractivity contribution in [3.63, 3.8) is 0 Å². The maximum absolute atomic E-state index is 10.9. The van der Waals surface area contributed by atoms with Crippen LogP contribution in [0.25, 0.3) is 0 Å². The van der Waals surface area contributed by atoms with E-state index in [4.69, 9.17) is 5.73 Å². The smallest absolute Gasteiger partial charge is 0.305 e. The third-order valence-corrected chi connectivity index (χ3v) is 3.29. The number of hydrogen-bond donors (Lipinski definition) is 2. The van der Waals surface area contributed by atoms with Crippen molar-refractivity contribution < 1.29 is 9.53 Å². The molecule has 1 aromatic carbocycles. The minimum Gasteiger partial charge on any atom is -0.469 e. The first-order valence-corrected chi connectivity index (χ1v) is 7.73. The zero-order chi connectivity index (χ0) is 16.4. The summed E-state index contributed by atoms with van der Waals surface area (Å²) in [6, 6.07) is 6.21. The monoisotopic (exact) mass is 433 g/mol. The topological polar surface area (TPSA) is 76.7 Å². The Hall–Kier alpha value is -1.31. The average Bonchev–Trinajstić information content (AvgIpc) is 2.44. The van der Waals surface area contributed by atoms with Crippen LogP contribution < -0.4 is 11.1 Å². The molecule has 0 aromatic heterocycles. The molecule has 0 amide bonds. The fourth-order valence-corrected chi connectivity index (χ4v) is 2.27. The number of guanidine groups is 1. The number of benzene rings is 1. The van der Waals surface area contributed by atoms with Gasteiger partial charge in [0.25, 0.3) is 0 Å². The molecular weight excluding hydrogens is 405 g/mol. The second-order valence-electron chi connectivity index (χ2n) is 5.51. The van der Waals surface area contributed by atoms with Gasteiger partial charge >= 0.3 is 5.97 Å². The molecular formula is C17H28IN3O2. The van der Waals surface area contributed by atoms with Crippen molar-refractivity contribution in [1.82, 2.24) is 0 Å². The molecule has 0 aliphatic rings. The molecule has 0 heterocycles. The molecule has 0 bridgehead atoms. The number of esters is 1. The minimum absolute atomic E-state index is 0. The highest BCUT2D eigenvalue weighted by Crippen LogP contribution is 2.13. The summed E-state index contributed by atoms with van der Waals surface area (Å²) in [4.78, 5) is 15.3. The van der Waals surface area contributed by atoms with Crippen LogP contribution in [0.2, 0.25) is 0 Å². The van der Waals surface area contributed by atoms with Crippen LogP contribution in [0.5, 0.6) is 0 Å². The third-order valence-electron chi connectivity index (χ3n) is 3.29. The van der Waals surface area contributed by atoms with Gasteiger partial charge in [-0.1, -0.05) is 18.9 Å². The molecule has 3 N–H and O–H groups in total. The minimum atomic E-state index is -0.139. The largest absolute Gasteiger partial charge is 0.469 e. The van der Waals surface area contributed by atoms with Crippen LogP contribution in [0.4, 0.5) is 5.69 Å². The van der Waals surface area contributed by atoms with Crippen LogP contribution in [-0.4, -0.2) is 25.6 Å². The number of ether oxygens (including phenoxy) is 1. The normalized spacial score (nSPS) is 10.8. The van der Waals surface area contributed by atoms with Crippen molar-refractivity contribution in [2.45, 2.75) is 46.0 Å². The molecule has 0 unspecified atom stereocenters. The Morgan fingerprint density at radius 2 is 1.74 bits per heavy atom. The molecule has 0 atom stereocenters. The van der Waals surface area contributed by atoms with Gasteiger partial charge in [-0.15, -0.1) is 24.0 Å². The third kappa shape index (κ3) is 10.1. The number of methoxy groups -OCH3 is 1. The number of halogens is 1. The van der Waals surface area contributed by atoms with Crippen LogP contribution in [0.1, 0.15) is 43.2 Å². The number of carbonyl (C=O) groups is 1. The number of carbonyl (C=O) groups excluding carboxylic acids is 1. The van der Waals surface area contributed by atoms with Gasteiger partial charge in [-0.3, -0.25) is 9.79 Å². The highest BCUT2D eigenvalue weighted by atomic mass is 127. The van der Waals surface area contributed by atoms with E-state index in [2.05, 4.69) is 35.0 Å². The van der Waals surface area contributed by atoms with Crippen LogP contribution >= 0.6 is 24.0 Å². The Labute approximate surface area is 156 Å². The molecule has 1 aromatic rings. The zero-order valence-corrected chi connectivity index (χ0v) is 16.6. The standard InChI is InChI=1S/C17H27N3O2.HI/c1-13-10-14(2)12-15(11-13)20-17(18)19-9-7-5-4-6-8-16(21)22-3;/h10-12H,4-9H2,1-3H3,(H3,18,19,20);1H. The lowest BCUT2D eigenvalue weighted by Gasteiger charge is -2.08. The average molecular weight is 433 g/mol. The Bertz CT molecular complexity index is 498. The van der Waals surface area contributed by atoms with Gasteiger partial charge in [0.2, 0.25) is 0 Å². The lowest BCUT2D eigenvalue weighted by molar-refractivity contribution is -0.140. The Kier molecular flexibility index (Phi) is 11.5. The Morgan fingerprint density at radius 1 is 1.13 bits per heavy atom. The number of unbranched alkanes of at least 4 members (excludes halogenated alkanes) is 3. The summed E-state index contributed by atoms with van der Waals surface area (Å²) in [5.74, 6) is 0.305.